The molecule has 2 N–H and O–H groups in total. The van der Waals surface area contributed by atoms with Crippen molar-refractivity contribution in [1.29, 1.82) is 0 Å². The molecule has 1 heterocycles. The Hall–Kier alpha value is -1.95. The van der Waals surface area contributed by atoms with Crippen molar-refractivity contribution in [2.45, 2.75) is 38.6 Å². The second-order valence-electron chi connectivity index (χ2n) is 6.17. The lowest BCUT2D eigenvalue weighted by Crippen LogP contribution is -2.41. The van der Waals surface area contributed by atoms with E-state index in [-0.39, 0.29) is 11.2 Å². The van der Waals surface area contributed by atoms with E-state index in [9.17, 15) is 4.39 Å². The number of aliphatic imine (C=N–C) groups is 1. The second kappa shape index (κ2) is 7.30. The van der Waals surface area contributed by atoms with Gasteiger partial charge in [0.05, 0.1) is 17.7 Å². The monoisotopic (exact) mass is 346 g/mol. The third-order valence-electron chi connectivity index (χ3n) is 4.46. The first-order chi connectivity index (χ1) is 11.6. The Bertz CT molecular complexity index is 721. The summed E-state index contributed by atoms with van der Waals surface area (Å²) in [5.74, 6) is 0.659. The zero-order valence-electron chi connectivity index (χ0n) is 14.1. The van der Waals surface area contributed by atoms with Crippen LogP contribution in [0.4, 0.5) is 4.39 Å². The highest BCUT2D eigenvalue weighted by Gasteiger charge is 2.45. The molecule has 1 saturated carbocycles. The summed E-state index contributed by atoms with van der Waals surface area (Å²) in [6, 6.07) is 7.09. The van der Waals surface area contributed by atoms with Gasteiger partial charge in [-0.05, 0) is 38.3 Å². The summed E-state index contributed by atoms with van der Waals surface area (Å²) in [7, 11) is 0. The molecule has 0 aliphatic heterocycles. The lowest BCUT2D eigenvalue weighted by Gasteiger charge is -2.19. The van der Waals surface area contributed by atoms with Gasteiger partial charge in [0.1, 0.15) is 5.82 Å². The molecule has 0 saturated heterocycles. The van der Waals surface area contributed by atoms with Crippen molar-refractivity contribution in [2.75, 3.05) is 13.1 Å². The van der Waals surface area contributed by atoms with Crippen LogP contribution in [0.3, 0.4) is 0 Å². The van der Waals surface area contributed by atoms with Gasteiger partial charge in [-0.25, -0.2) is 14.4 Å². The van der Waals surface area contributed by atoms with Gasteiger partial charge < -0.3 is 10.6 Å². The fourth-order valence-corrected chi connectivity index (χ4v) is 3.51. The number of aryl methyl sites for hydroxylation is 1. The van der Waals surface area contributed by atoms with Crippen LogP contribution in [0, 0.1) is 12.7 Å². The highest BCUT2D eigenvalue weighted by atomic mass is 32.1. The smallest absolute Gasteiger partial charge is 0.191 e. The molecule has 1 aliphatic rings. The van der Waals surface area contributed by atoms with Gasteiger partial charge in [0.2, 0.25) is 0 Å². The van der Waals surface area contributed by atoms with Gasteiger partial charge >= 0.3 is 0 Å². The first-order valence-electron chi connectivity index (χ1n) is 8.31. The minimum atomic E-state index is -0.112. The molecule has 0 spiro atoms. The molecule has 3 rings (SSSR count). The van der Waals surface area contributed by atoms with Gasteiger partial charge in [-0.2, -0.15) is 0 Å². The molecule has 2 aromatic rings. The predicted molar refractivity (Wildman–Crippen MR) is 97.0 cm³/mol. The summed E-state index contributed by atoms with van der Waals surface area (Å²) in [5, 5.41) is 6.65. The zero-order chi connectivity index (χ0) is 17.0. The third-order valence-corrected chi connectivity index (χ3v) is 5.38. The Morgan fingerprint density at radius 3 is 2.75 bits per heavy atom. The molecule has 0 bridgehead atoms. The second-order valence-corrected chi connectivity index (χ2v) is 7.11. The molecule has 1 fully saturated rings. The van der Waals surface area contributed by atoms with Gasteiger partial charge in [-0.15, -0.1) is 11.3 Å². The summed E-state index contributed by atoms with van der Waals surface area (Å²) in [5.41, 5.74) is 3.59. The van der Waals surface area contributed by atoms with E-state index in [1.807, 2.05) is 31.5 Å². The molecule has 1 aromatic carbocycles. The SMILES string of the molecule is CCNC(=NCc1scnc1C)NCC1(c2ccccc2F)CC1. The maximum atomic E-state index is 14.1. The number of hydrogen-bond acceptors (Lipinski definition) is 3. The lowest BCUT2D eigenvalue weighted by atomic mass is 9.95. The van der Waals surface area contributed by atoms with Crippen molar-refractivity contribution in [3.05, 3.63) is 51.7 Å². The van der Waals surface area contributed by atoms with Crippen molar-refractivity contribution in [1.82, 2.24) is 15.6 Å². The topological polar surface area (TPSA) is 49.3 Å². The highest BCUT2D eigenvalue weighted by molar-refractivity contribution is 7.09. The fraction of sp³-hybridized carbons (Fsp3) is 0.444. The molecule has 24 heavy (non-hydrogen) atoms. The number of hydrogen-bond donors (Lipinski definition) is 2. The number of halogens is 1. The standard InChI is InChI=1S/C18H23FN4S/c1-3-20-17(21-10-16-13(2)23-12-24-16)22-11-18(8-9-18)14-6-4-5-7-15(14)19/h4-7,12H,3,8-11H2,1-2H3,(H2,20,21,22). The molecule has 1 aliphatic carbocycles. The maximum Gasteiger partial charge on any atom is 0.191 e. The van der Waals surface area contributed by atoms with Crippen molar-refractivity contribution < 1.29 is 4.39 Å². The average molecular weight is 346 g/mol. The lowest BCUT2D eigenvalue weighted by molar-refractivity contribution is 0.559. The molecule has 1 aromatic heterocycles. The number of aromatic nitrogens is 1. The highest BCUT2D eigenvalue weighted by Crippen LogP contribution is 2.48. The normalized spacial score (nSPS) is 16.0. The van der Waals surface area contributed by atoms with Crippen LogP contribution in [-0.2, 0) is 12.0 Å². The van der Waals surface area contributed by atoms with Crippen LogP contribution in [0.1, 0.15) is 35.9 Å². The van der Waals surface area contributed by atoms with E-state index in [0.717, 1.165) is 36.6 Å². The average Bonchev–Trinajstić information content (AvgIpc) is 3.26. The van der Waals surface area contributed by atoms with Crippen molar-refractivity contribution in [3.8, 4) is 0 Å². The van der Waals surface area contributed by atoms with Gasteiger partial charge in [-0.3, -0.25) is 0 Å². The first-order valence-corrected chi connectivity index (χ1v) is 9.19. The van der Waals surface area contributed by atoms with E-state index < -0.39 is 0 Å². The van der Waals surface area contributed by atoms with Crippen LogP contribution in [-0.4, -0.2) is 24.0 Å². The first kappa shape index (κ1) is 16.9. The van der Waals surface area contributed by atoms with Gasteiger partial charge in [0, 0.05) is 23.4 Å². The summed E-state index contributed by atoms with van der Waals surface area (Å²) >= 11 is 1.62. The Morgan fingerprint density at radius 1 is 1.33 bits per heavy atom. The summed E-state index contributed by atoms with van der Waals surface area (Å²) < 4.78 is 14.1. The Kier molecular flexibility index (Phi) is 5.14. The van der Waals surface area contributed by atoms with Crippen LogP contribution in [0.2, 0.25) is 0 Å². The largest absolute Gasteiger partial charge is 0.357 e. The van der Waals surface area contributed by atoms with Crippen molar-refractivity contribution in [2.24, 2.45) is 4.99 Å². The van der Waals surface area contributed by atoms with Crippen LogP contribution < -0.4 is 10.6 Å². The molecule has 6 heteroatoms. The van der Waals surface area contributed by atoms with Crippen molar-refractivity contribution >= 4 is 17.3 Å². The quantitative estimate of drug-likeness (QED) is 0.623. The summed E-state index contributed by atoms with van der Waals surface area (Å²) in [6.45, 7) is 6.14. The van der Waals surface area contributed by atoms with Crippen LogP contribution in [0.25, 0.3) is 0 Å². The number of nitrogens with one attached hydrogen (secondary N) is 2. The van der Waals surface area contributed by atoms with Crippen LogP contribution in [0.5, 0.6) is 0 Å². The molecule has 0 atom stereocenters. The van der Waals surface area contributed by atoms with Crippen LogP contribution in [0.15, 0.2) is 34.8 Å². The van der Waals surface area contributed by atoms with E-state index in [1.165, 1.54) is 4.88 Å². The van der Waals surface area contributed by atoms with E-state index >= 15 is 0 Å². The predicted octanol–water partition coefficient (Wildman–Crippen LogP) is 3.38. The molecular weight excluding hydrogens is 323 g/mol. The number of rotatable bonds is 6. The third kappa shape index (κ3) is 3.75. The number of nitrogens with zero attached hydrogens (tertiary/aromatic N) is 2. The summed E-state index contributed by atoms with van der Waals surface area (Å²) in [4.78, 5) is 10.1. The Morgan fingerprint density at radius 2 is 2.12 bits per heavy atom. The molecule has 0 amide bonds. The van der Waals surface area contributed by atoms with E-state index in [2.05, 4.69) is 20.6 Å². The fourth-order valence-electron chi connectivity index (χ4n) is 2.81. The van der Waals surface area contributed by atoms with Gasteiger partial charge in [-0.1, -0.05) is 18.2 Å². The zero-order valence-corrected chi connectivity index (χ0v) is 14.9. The molecule has 0 radical (unpaired) electrons. The molecule has 0 unspecified atom stereocenters. The van der Waals surface area contributed by atoms with Gasteiger partial charge in [0.25, 0.3) is 0 Å². The minimum Gasteiger partial charge on any atom is -0.357 e. The number of benzene rings is 1. The molecular formula is C18H23FN4S. The van der Waals surface area contributed by atoms with E-state index in [4.69, 9.17) is 0 Å². The van der Waals surface area contributed by atoms with E-state index in [0.29, 0.717) is 13.1 Å². The molecule has 4 nitrogen and oxygen atoms in total. The molecule has 128 valence electrons. The summed E-state index contributed by atoms with van der Waals surface area (Å²) in [6.07, 6.45) is 2.02. The number of guanidine groups is 1. The van der Waals surface area contributed by atoms with Gasteiger partial charge in [0.15, 0.2) is 5.96 Å². The Labute approximate surface area is 146 Å². The van der Waals surface area contributed by atoms with Crippen molar-refractivity contribution in [3.63, 3.8) is 0 Å². The maximum absolute atomic E-state index is 14.1. The Balaban J connectivity index is 1.66. The van der Waals surface area contributed by atoms with Crippen LogP contribution >= 0.6 is 11.3 Å². The van der Waals surface area contributed by atoms with E-state index in [1.54, 1.807) is 23.5 Å². The minimum absolute atomic E-state index is 0.0953. The number of thiazole rings is 1.